The summed E-state index contributed by atoms with van der Waals surface area (Å²) in [7, 11) is -12.0. The van der Waals surface area contributed by atoms with Crippen LogP contribution in [0.25, 0.3) is 67.5 Å². The van der Waals surface area contributed by atoms with Gasteiger partial charge in [-0.1, -0.05) is 97.1 Å². The number of halogens is 8. The van der Waals surface area contributed by atoms with Crippen molar-refractivity contribution < 1.29 is 43.4 Å². The SMILES string of the molecule is F[B-](F)(F)F.F[B-](F)(F)F.c1ccc(-c2cc(-c3ccccc3)[o+]c(-c3ccc(-c4cc(-c5ccccc5)cc(-c5ccccc5)[o+]4)cc3)c2)cc1. The molecule has 0 spiro atoms. The van der Waals surface area contributed by atoms with Gasteiger partial charge >= 0.3 is 37.5 Å². The van der Waals surface area contributed by atoms with Gasteiger partial charge in [0.2, 0.25) is 0 Å². The van der Waals surface area contributed by atoms with Crippen molar-refractivity contribution >= 4 is 14.5 Å². The van der Waals surface area contributed by atoms with Crippen molar-refractivity contribution in [1.29, 1.82) is 0 Å². The summed E-state index contributed by atoms with van der Waals surface area (Å²) in [5.74, 6) is 3.27. The molecule has 52 heavy (non-hydrogen) atoms. The van der Waals surface area contributed by atoms with Gasteiger partial charge in [-0.3, -0.25) is 0 Å². The molecule has 7 aromatic rings. The Hall–Kier alpha value is -6.03. The molecule has 0 saturated heterocycles. The lowest BCUT2D eigenvalue weighted by molar-refractivity contribution is 0.366. The van der Waals surface area contributed by atoms with Gasteiger partial charge < -0.3 is 34.5 Å². The van der Waals surface area contributed by atoms with E-state index in [2.05, 4.69) is 121 Å². The van der Waals surface area contributed by atoms with Crippen molar-refractivity contribution in [3.8, 4) is 67.5 Å². The molecular formula is C40H28B2F8O2. The molecule has 262 valence electrons. The van der Waals surface area contributed by atoms with Crippen LogP contribution in [0.3, 0.4) is 0 Å². The molecule has 2 nitrogen and oxygen atoms in total. The molecule has 2 aromatic heterocycles. The van der Waals surface area contributed by atoms with Crippen molar-refractivity contribution in [2.45, 2.75) is 0 Å². The van der Waals surface area contributed by atoms with E-state index in [1.165, 1.54) is 0 Å². The maximum absolute atomic E-state index is 9.75. The summed E-state index contributed by atoms with van der Waals surface area (Å²) in [6.45, 7) is 0. The topological polar surface area (TPSA) is 22.6 Å². The fraction of sp³-hybridized carbons (Fsp3) is 0. The molecule has 0 atom stereocenters. The van der Waals surface area contributed by atoms with Crippen LogP contribution in [0.1, 0.15) is 0 Å². The molecule has 2 heterocycles. The highest BCUT2D eigenvalue weighted by Gasteiger charge is 2.24. The van der Waals surface area contributed by atoms with Gasteiger partial charge in [-0.05, 0) is 59.7 Å². The third-order valence-corrected chi connectivity index (χ3v) is 7.37. The number of hydrogen-bond donors (Lipinski definition) is 0. The minimum Gasteiger partial charge on any atom is -0.418 e. The molecule has 0 fully saturated rings. The summed E-state index contributed by atoms with van der Waals surface area (Å²) in [4.78, 5) is 0. The predicted octanol–water partition coefficient (Wildman–Crippen LogP) is 14.0. The zero-order chi connectivity index (χ0) is 37.1. The summed E-state index contributed by atoms with van der Waals surface area (Å²) in [6, 6.07) is 58.2. The fourth-order valence-electron chi connectivity index (χ4n) is 5.17. The van der Waals surface area contributed by atoms with Crippen LogP contribution in [0.5, 0.6) is 0 Å². The number of rotatable bonds is 6. The van der Waals surface area contributed by atoms with Crippen molar-refractivity contribution in [1.82, 2.24) is 0 Å². The monoisotopic (exact) mass is 714 g/mol. The molecule has 12 heteroatoms. The van der Waals surface area contributed by atoms with Crippen LogP contribution in [0, 0.1) is 0 Å². The molecule has 0 aliphatic carbocycles. The molecule has 0 aliphatic rings. The highest BCUT2D eigenvalue weighted by molar-refractivity contribution is 6.50. The molecule has 0 aliphatic heterocycles. The maximum Gasteiger partial charge on any atom is 0.673 e. The lowest BCUT2D eigenvalue weighted by atomic mass is 10.00. The Morgan fingerprint density at radius 1 is 0.250 bits per heavy atom. The molecule has 0 saturated carbocycles. The van der Waals surface area contributed by atoms with Crippen LogP contribution in [0.15, 0.2) is 179 Å². The predicted molar refractivity (Wildman–Crippen MR) is 193 cm³/mol. The van der Waals surface area contributed by atoms with Crippen molar-refractivity contribution in [3.05, 3.63) is 170 Å². The zero-order valence-electron chi connectivity index (χ0n) is 27.2. The Balaban J connectivity index is 0.000000464. The maximum atomic E-state index is 9.75. The lowest BCUT2D eigenvalue weighted by Gasteiger charge is -2.03. The highest BCUT2D eigenvalue weighted by atomic mass is 19.5. The first-order chi connectivity index (χ1) is 24.8. The van der Waals surface area contributed by atoms with Gasteiger partial charge in [0.25, 0.3) is 0 Å². The third-order valence-electron chi connectivity index (χ3n) is 7.37. The van der Waals surface area contributed by atoms with E-state index in [9.17, 15) is 34.5 Å². The quantitative estimate of drug-likeness (QED) is 0.0972. The second kappa shape index (κ2) is 16.8. The molecule has 0 radical (unpaired) electrons. The van der Waals surface area contributed by atoms with E-state index < -0.39 is 14.5 Å². The van der Waals surface area contributed by atoms with E-state index in [1.807, 2.05) is 48.5 Å². The molecular weight excluding hydrogens is 686 g/mol. The highest BCUT2D eigenvalue weighted by Crippen LogP contribution is 2.36. The van der Waals surface area contributed by atoms with E-state index in [1.54, 1.807) is 0 Å². The Morgan fingerprint density at radius 3 is 0.673 bits per heavy atom. The van der Waals surface area contributed by atoms with Crippen LogP contribution in [0.2, 0.25) is 0 Å². The van der Waals surface area contributed by atoms with Crippen LogP contribution < -0.4 is 0 Å². The Labute approximate surface area is 294 Å². The largest absolute Gasteiger partial charge is 0.673 e. The van der Waals surface area contributed by atoms with Crippen molar-refractivity contribution in [2.24, 2.45) is 0 Å². The summed E-state index contributed by atoms with van der Waals surface area (Å²) in [5, 5.41) is 0. The Bertz CT molecular complexity index is 1880. The van der Waals surface area contributed by atoms with Gasteiger partial charge in [0.1, 0.15) is 0 Å². The van der Waals surface area contributed by atoms with Gasteiger partial charge in [0, 0.05) is 11.1 Å². The summed E-state index contributed by atoms with van der Waals surface area (Å²) >= 11 is 0. The summed E-state index contributed by atoms with van der Waals surface area (Å²) in [6.07, 6.45) is 0. The third kappa shape index (κ3) is 11.5. The fourth-order valence-corrected chi connectivity index (χ4v) is 5.17. The lowest BCUT2D eigenvalue weighted by Crippen LogP contribution is -2.02. The van der Waals surface area contributed by atoms with Gasteiger partial charge in [-0.25, -0.2) is 8.83 Å². The standard InChI is InChI=1S/C40H28O2.2BF4/c1-5-13-29(14-6-1)35-25-37(31-17-9-3-10-18-31)41-39(27-35)33-21-23-34(24-22-33)40-28-36(30-15-7-2-8-16-30)26-38(42-40)32-19-11-4-12-20-32;2*2-1(3,4)5/h1-28H;;/q+2;2*-1. The Kier molecular flexibility index (Phi) is 12.0. The first-order valence-electron chi connectivity index (χ1n) is 15.8. The molecule has 0 unspecified atom stereocenters. The van der Waals surface area contributed by atoms with Crippen LogP contribution in [-0.2, 0) is 0 Å². The minimum atomic E-state index is -6.00. The second-order valence-electron chi connectivity index (χ2n) is 11.2. The molecule has 5 aromatic carbocycles. The number of hydrogen-bond acceptors (Lipinski definition) is 0. The normalized spacial score (nSPS) is 11.1. The van der Waals surface area contributed by atoms with Gasteiger partial charge in [0.15, 0.2) is 0 Å². The molecule has 0 bridgehead atoms. The molecule has 0 N–H and O–H groups in total. The van der Waals surface area contributed by atoms with Gasteiger partial charge in [0.05, 0.1) is 46.5 Å². The smallest absolute Gasteiger partial charge is 0.418 e. The van der Waals surface area contributed by atoms with E-state index in [0.29, 0.717) is 0 Å². The minimum absolute atomic E-state index is 0.807. The van der Waals surface area contributed by atoms with Crippen molar-refractivity contribution in [2.75, 3.05) is 0 Å². The van der Waals surface area contributed by atoms with Crippen LogP contribution >= 0.6 is 0 Å². The first kappa shape index (κ1) is 37.2. The van der Waals surface area contributed by atoms with E-state index in [0.717, 1.165) is 67.5 Å². The average Bonchev–Trinajstić information content (AvgIpc) is 3.15. The van der Waals surface area contributed by atoms with Gasteiger partial charge in [-0.15, -0.1) is 0 Å². The van der Waals surface area contributed by atoms with Crippen molar-refractivity contribution in [3.63, 3.8) is 0 Å². The molecule has 0 amide bonds. The van der Waals surface area contributed by atoms with Crippen LogP contribution in [0.4, 0.5) is 34.5 Å². The number of benzene rings is 5. The second-order valence-corrected chi connectivity index (χ2v) is 11.2. The first-order valence-corrected chi connectivity index (χ1v) is 15.8. The average molecular weight is 714 g/mol. The Morgan fingerprint density at radius 2 is 0.442 bits per heavy atom. The van der Waals surface area contributed by atoms with Gasteiger partial charge in [-0.2, -0.15) is 0 Å². The van der Waals surface area contributed by atoms with Crippen LogP contribution in [-0.4, -0.2) is 14.5 Å². The summed E-state index contributed by atoms with van der Waals surface area (Å²) in [5.41, 5.74) is 8.58. The van der Waals surface area contributed by atoms with E-state index >= 15 is 0 Å². The summed E-state index contributed by atoms with van der Waals surface area (Å²) < 4.78 is 91.0. The molecule has 7 rings (SSSR count). The van der Waals surface area contributed by atoms with E-state index in [4.69, 9.17) is 8.83 Å². The van der Waals surface area contributed by atoms with E-state index in [-0.39, 0.29) is 0 Å². The zero-order valence-corrected chi connectivity index (χ0v) is 27.2.